The molecule has 0 radical (unpaired) electrons. The highest BCUT2D eigenvalue weighted by Gasteiger charge is 2.27. The third-order valence-corrected chi connectivity index (χ3v) is 4.72. The fraction of sp³-hybridized carbons (Fsp3) is 0.474. The van der Waals surface area contributed by atoms with Crippen molar-refractivity contribution in [3.05, 3.63) is 53.1 Å². The minimum Gasteiger partial charge on any atom is -0.381 e. The van der Waals surface area contributed by atoms with E-state index < -0.39 is 0 Å². The van der Waals surface area contributed by atoms with Gasteiger partial charge in [0.05, 0.1) is 24.3 Å². The van der Waals surface area contributed by atoms with Crippen molar-refractivity contribution in [1.29, 1.82) is 5.26 Å². The maximum Gasteiger partial charge on any atom is 0.126 e. The second-order valence-electron chi connectivity index (χ2n) is 6.12. The minimum atomic E-state index is 0.242. The predicted octanol–water partition coefficient (Wildman–Crippen LogP) is 2.91. The Kier molecular flexibility index (Phi) is 5.29. The summed E-state index contributed by atoms with van der Waals surface area (Å²) in [5, 5.41) is 9.28. The summed E-state index contributed by atoms with van der Waals surface area (Å²) < 4.78 is 7.80. The molecule has 5 heteroatoms. The molecule has 0 spiro atoms. The maximum atomic E-state index is 9.28. The highest BCUT2D eigenvalue weighted by atomic mass is 16.5. The molecule has 2 heterocycles. The average Bonchev–Trinajstić information content (AvgIpc) is 3.02. The summed E-state index contributed by atoms with van der Waals surface area (Å²) in [5.41, 5.74) is 3.10. The number of ether oxygens (including phenoxy) is 1. The highest BCUT2D eigenvalue weighted by Crippen LogP contribution is 2.27. The van der Waals surface area contributed by atoms with Crippen molar-refractivity contribution in [1.82, 2.24) is 14.5 Å². The molecule has 126 valence electrons. The summed E-state index contributed by atoms with van der Waals surface area (Å²) in [4.78, 5) is 7.05. The van der Waals surface area contributed by atoms with Gasteiger partial charge in [0.2, 0.25) is 0 Å². The second-order valence-corrected chi connectivity index (χ2v) is 6.12. The fourth-order valence-electron chi connectivity index (χ4n) is 3.33. The Balaban J connectivity index is 1.73. The summed E-state index contributed by atoms with van der Waals surface area (Å²) in [6.07, 6.45) is 2.89. The first-order valence-corrected chi connectivity index (χ1v) is 8.58. The standard InChI is InChI=1S/C19H24N4O/c1-3-24-11-8-18-13-21-19-15(2)22(9-10-23(18)19)14-17-7-5-4-6-16(17)12-20/h4-7,13,15H,3,8-11,14H2,1-2H3. The topological polar surface area (TPSA) is 54.1 Å². The van der Waals surface area contributed by atoms with Crippen LogP contribution in [0.2, 0.25) is 0 Å². The van der Waals surface area contributed by atoms with Gasteiger partial charge in [-0.2, -0.15) is 5.26 Å². The number of fused-ring (bicyclic) bond motifs is 1. The SMILES string of the molecule is CCOCCc1cnc2n1CCN(Cc1ccccc1C#N)C2C. The molecule has 1 aliphatic rings. The van der Waals surface area contributed by atoms with Crippen LogP contribution in [0.5, 0.6) is 0 Å². The molecule has 0 saturated carbocycles. The quantitative estimate of drug-likeness (QED) is 0.767. The van der Waals surface area contributed by atoms with E-state index in [2.05, 4.69) is 27.4 Å². The van der Waals surface area contributed by atoms with Gasteiger partial charge in [-0.25, -0.2) is 4.98 Å². The van der Waals surface area contributed by atoms with Crippen LogP contribution >= 0.6 is 0 Å². The molecular formula is C19H24N4O. The van der Waals surface area contributed by atoms with E-state index in [9.17, 15) is 5.26 Å². The molecule has 1 unspecified atom stereocenters. The first kappa shape index (κ1) is 16.7. The molecule has 0 saturated heterocycles. The first-order chi connectivity index (χ1) is 11.7. The smallest absolute Gasteiger partial charge is 0.126 e. The van der Waals surface area contributed by atoms with Crippen molar-refractivity contribution in [2.75, 3.05) is 19.8 Å². The minimum absolute atomic E-state index is 0.242. The van der Waals surface area contributed by atoms with Gasteiger partial charge < -0.3 is 9.30 Å². The van der Waals surface area contributed by atoms with Gasteiger partial charge in [-0.1, -0.05) is 18.2 Å². The normalized spacial score (nSPS) is 17.5. The van der Waals surface area contributed by atoms with Gasteiger partial charge in [0.1, 0.15) is 5.82 Å². The van der Waals surface area contributed by atoms with Crippen molar-refractivity contribution >= 4 is 0 Å². The predicted molar refractivity (Wildman–Crippen MR) is 92.4 cm³/mol. The van der Waals surface area contributed by atoms with E-state index in [1.165, 1.54) is 5.69 Å². The molecular weight excluding hydrogens is 300 g/mol. The summed E-state index contributed by atoms with van der Waals surface area (Å²) in [6, 6.07) is 10.4. The third-order valence-electron chi connectivity index (χ3n) is 4.72. The van der Waals surface area contributed by atoms with Crippen LogP contribution in [-0.2, 0) is 24.2 Å². The molecule has 1 aliphatic heterocycles. The third kappa shape index (κ3) is 3.35. The lowest BCUT2D eigenvalue weighted by atomic mass is 10.1. The van der Waals surface area contributed by atoms with Gasteiger partial charge in [0.15, 0.2) is 0 Å². The van der Waals surface area contributed by atoms with Crippen molar-refractivity contribution in [3.63, 3.8) is 0 Å². The van der Waals surface area contributed by atoms with Gasteiger partial charge in [0, 0.05) is 44.6 Å². The average molecular weight is 324 g/mol. The summed E-state index contributed by atoms with van der Waals surface area (Å²) in [7, 11) is 0. The highest BCUT2D eigenvalue weighted by molar-refractivity contribution is 5.37. The van der Waals surface area contributed by atoms with Crippen LogP contribution < -0.4 is 0 Å². The van der Waals surface area contributed by atoms with E-state index in [1.54, 1.807) is 0 Å². The molecule has 2 aromatic rings. The number of nitrogens with zero attached hydrogens (tertiary/aromatic N) is 4. The molecule has 24 heavy (non-hydrogen) atoms. The molecule has 0 amide bonds. The first-order valence-electron chi connectivity index (χ1n) is 8.58. The van der Waals surface area contributed by atoms with Crippen molar-refractivity contribution in [2.24, 2.45) is 0 Å². The van der Waals surface area contributed by atoms with Crippen LogP contribution in [0.1, 0.15) is 42.5 Å². The number of hydrogen-bond donors (Lipinski definition) is 0. The Morgan fingerprint density at radius 1 is 1.33 bits per heavy atom. The zero-order chi connectivity index (χ0) is 16.9. The Bertz CT molecular complexity index is 731. The summed E-state index contributed by atoms with van der Waals surface area (Å²) >= 11 is 0. The Labute approximate surface area is 143 Å². The molecule has 0 aliphatic carbocycles. The molecule has 0 bridgehead atoms. The molecule has 1 aromatic carbocycles. The number of rotatable bonds is 6. The molecule has 0 fully saturated rings. The van der Waals surface area contributed by atoms with Gasteiger partial charge in [-0.3, -0.25) is 4.90 Å². The number of aromatic nitrogens is 2. The monoisotopic (exact) mass is 324 g/mol. The molecule has 0 N–H and O–H groups in total. The zero-order valence-electron chi connectivity index (χ0n) is 14.4. The van der Waals surface area contributed by atoms with Crippen LogP contribution in [0.4, 0.5) is 0 Å². The summed E-state index contributed by atoms with van der Waals surface area (Å²) in [6.45, 7) is 8.40. The number of hydrogen-bond acceptors (Lipinski definition) is 4. The molecule has 1 atom stereocenters. The van der Waals surface area contributed by atoms with Gasteiger partial charge >= 0.3 is 0 Å². The van der Waals surface area contributed by atoms with E-state index in [1.807, 2.05) is 37.4 Å². The Morgan fingerprint density at radius 2 is 2.17 bits per heavy atom. The van der Waals surface area contributed by atoms with Crippen LogP contribution in [0.25, 0.3) is 0 Å². The van der Waals surface area contributed by atoms with E-state index in [-0.39, 0.29) is 6.04 Å². The van der Waals surface area contributed by atoms with E-state index >= 15 is 0 Å². The number of benzene rings is 1. The largest absolute Gasteiger partial charge is 0.381 e. The molecule has 5 nitrogen and oxygen atoms in total. The fourth-order valence-corrected chi connectivity index (χ4v) is 3.33. The maximum absolute atomic E-state index is 9.28. The lowest BCUT2D eigenvalue weighted by molar-refractivity contribution is 0.142. The van der Waals surface area contributed by atoms with Crippen LogP contribution in [0.3, 0.4) is 0 Å². The van der Waals surface area contributed by atoms with E-state index in [0.717, 1.165) is 56.2 Å². The van der Waals surface area contributed by atoms with Crippen molar-refractivity contribution in [3.8, 4) is 6.07 Å². The Morgan fingerprint density at radius 3 is 2.96 bits per heavy atom. The van der Waals surface area contributed by atoms with Gasteiger partial charge in [-0.15, -0.1) is 0 Å². The zero-order valence-corrected chi connectivity index (χ0v) is 14.4. The lowest BCUT2D eigenvalue weighted by Gasteiger charge is -2.34. The van der Waals surface area contributed by atoms with Crippen LogP contribution in [-0.4, -0.2) is 34.2 Å². The lowest BCUT2D eigenvalue weighted by Crippen LogP contribution is -2.37. The molecule has 1 aromatic heterocycles. The van der Waals surface area contributed by atoms with E-state index in [0.29, 0.717) is 0 Å². The van der Waals surface area contributed by atoms with E-state index in [4.69, 9.17) is 4.74 Å². The van der Waals surface area contributed by atoms with Crippen molar-refractivity contribution < 1.29 is 4.74 Å². The van der Waals surface area contributed by atoms with Crippen LogP contribution in [0.15, 0.2) is 30.5 Å². The second kappa shape index (κ2) is 7.61. The Hall–Kier alpha value is -2.16. The number of imidazole rings is 1. The number of nitriles is 1. The van der Waals surface area contributed by atoms with Gasteiger partial charge in [-0.05, 0) is 25.5 Å². The van der Waals surface area contributed by atoms with Gasteiger partial charge in [0.25, 0.3) is 0 Å². The van der Waals surface area contributed by atoms with Crippen molar-refractivity contribution in [2.45, 2.75) is 39.4 Å². The van der Waals surface area contributed by atoms with Crippen LogP contribution in [0, 0.1) is 11.3 Å². The summed E-state index contributed by atoms with van der Waals surface area (Å²) in [5.74, 6) is 1.11. The molecule has 3 rings (SSSR count).